The molecular weight excluding hydrogens is 440 g/mol. The van der Waals surface area contributed by atoms with E-state index in [1.807, 2.05) is 31.3 Å². The molecule has 0 aliphatic heterocycles. The molecule has 36 heavy (non-hydrogen) atoms. The number of aryl methyl sites for hydroxylation is 1. The van der Waals surface area contributed by atoms with Gasteiger partial charge in [-0.3, -0.25) is 4.98 Å². The van der Waals surface area contributed by atoms with Crippen LogP contribution >= 0.6 is 0 Å². The fourth-order valence-electron chi connectivity index (χ4n) is 5.01. The lowest BCUT2D eigenvalue weighted by atomic mass is 9.96. The Kier molecular flexibility index (Phi) is 4.68. The summed E-state index contributed by atoms with van der Waals surface area (Å²) >= 11 is 0. The number of pyridine rings is 2. The number of furan rings is 1. The number of fused-ring (bicyclic) bond motifs is 4. The Balaban J connectivity index is 1.33. The van der Waals surface area contributed by atoms with E-state index >= 15 is 0 Å². The second kappa shape index (κ2) is 8.17. The maximum atomic E-state index is 5.76. The Morgan fingerprint density at radius 2 is 1.36 bits per heavy atom. The highest BCUT2D eigenvalue weighted by Crippen LogP contribution is 2.36. The maximum Gasteiger partial charge on any atom is 0.160 e. The Hall–Kier alpha value is -4.76. The number of hydrogen-bond acceptors (Lipinski definition) is 3. The van der Waals surface area contributed by atoms with Crippen LogP contribution in [0.1, 0.15) is 5.69 Å². The standard InChI is InChI=1S/C33H22N2O/c1-21-7-12-29-30(19-28-14-16-36-33(28)32(29)35-21)31-20-27(13-15-34-31)26-11-10-24-17-23(8-9-25(24)18-26)22-5-3-2-4-6-22/h2-20H,1H3. The summed E-state index contributed by atoms with van der Waals surface area (Å²) < 4.78 is 5.76. The van der Waals surface area contributed by atoms with Gasteiger partial charge in [-0.15, -0.1) is 0 Å². The number of benzene rings is 4. The van der Waals surface area contributed by atoms with Crippen molar-refractivity contribution in [1.29, 1.82) is 0 Å². The number of nitrogens with zero attached hydrogens (tertiary/aromatic N) is 2. The molecule has 0 atom stereocenters. The van der Waals surface area contributed by atoms with Gasteiger partial charge in [0, 0.05) is 28.2 Å². The highest BCUT2D eigenvalue weighted by Gasteiger charge is 2.14. The molecule has 0 unspecified atom stereocenters. The molecule has 4 aromatic carbocycles. The lowest BCUT2D eigenvalue weighted by Crippen LogP contribution is -1.90. The van der Waals surface area contributed by atoms with Gasteiger partial charge in [-0.2, -0.15) is 0 Å². The lowest BCUT2D eigenvalue weighted by molar-refractivity contribution is 0.618. The average molecular weight is 463 g/mol. The number of aromatic nitrogens is 2. The summed E-state index contributed by atoms with van der Waals surface area (Å²) in [5, 5.41) is 4.52. The van der Waals surface area contributed by atoms with Gasteiger partial charge in [0.15, 0.2) is 5.58 Å². The van der Waals surface area contributed by atoms with Crippen molar-refractivity contribution in [3.63, 3.8) is 0 Å². The molecule has 0 saturated carbocycles. The van der Waals surface area contributed by atoms with Crippen LogP contribution in [0, 0.1) is 6.92 Å². The highest BCUT2D eigenvalue weighted by molar-refractivity contribution is 6.09. The van der Waals surface area contributed by atoms with Crippen LogP contribution in [-0.4, -0.2) is 9.97 Å². The monoisotopic (exact) mass is 462 g/mol. The van der Waals surface area contributed by atoms with Crippen LogP contribution in [0.3, 0.4) is 0 Å². The van der Waals surface area contributed by atoms with Crippen LogP contribution in [0.15, 0.2) is 120 Å². The van der Waals surface area contributed by atoms with E-state index in [1.54, 1.807) is 6.26 Å². The molecule has 0 bridgehead atoms. The van der Waals surface area contributed by atoms with Crippen molar-refractivity contribution < 1.29 is 4.42 Å². The predicted molar refractivity (Wildman–Crippen MR) is 148 cm³/mol. The minimum absolute atomic E-state index is 0.818. The molecule has 0 amide bonds. The van der Waals surface area contributed by atoms with Crippen LogP contribution in [0.25, 0.3) is 66.2 Å². The Morgan fingerprint density at radius 1 is 0.611 bits per heavy atom. The summed E-state index contributed by atoms with van der Waals surface area (Å²) in [6.07, 6.45) is 3.61. The first-order valence-corrected chi connectivity index (χ1v) is 12.1. The Morgan fingerprint density at radius 3 is 2.17 bits per heavy atom. The molecule has 7 rings (SSSR count). The van der Waals surface area contributed by atoms with Crippen molar-refractivity contribution in [3.8, 4) is 33.5 Å². The molecule has 0 aliphatic rings. The van der Waals surface area contributed by atoms with Crippen LogP contribution in [0.2, 0.25) is 0 Å². The number of hydrogen-bond donors (Lipinski definition) is 0. The minimum Gasteiger partial charge on any atom is -0.462 e. The maximum absolute atomic E-state index is 5.76. The third kappa shape index (κ3) is 3.45. The van der Waals surface area contributed by atoms with Gasteiger partial charge in [0.2, 0.25) is 0 Å². The van der Waals surface area contributed by atoms with Gasteiger partial charge in [-0.05, 0) is 82.4 Å². The summed E-state index contributed by atoms with van der Waals surface area (Å²) in [6, 6.07) is 36.3. The zero-order valence-corrected chi connectivity index (χ0v) is 19.8. The van der Waals surface area contributed by atoms with Crippen molar-refractivity contribution in [1.82, 2.24) is 9.97 Å². The molecule has 0 saturated heterocycles. The van der Waals surface area contributed by atoms with Gasteiger partial charge in [0.1, 0.15) is 5.52 Å². The topological polar surface area (TPSA) is 38.9 Å². The zero-order valence-electron chi connectivity index (χ0n) is 19.8. The van der Waals surface area contributed by atoms with Crippen molar-refractivity contribution in [3.05, 3.63) is 121 Å². The Labute approximate surface area is 208 Å². The molecule has 0 spiro atoms. The van der Waals surface area contributed by atoms with Crippen LogP contribution in [0.4, 0.5) is 0 Å². The molecular formula is C33H22N2O. The second-order valence-electron chi connectivity index (χ2n) is 9.18. The molecule has 3 nitrogen and oxygen atoms in total. The fourth-order valence-corrected chi connectivity index (χ4v) is 5.01. The van der Waals surface area contributed by atoms with E-state index in [9.17, 15) is 0 Å². The second-order valence-corrected chi connectivity index (χ2v) is 9.18. The molecule has 0 aliphatic carbocycles. The molecule has 0 radical (unpaired) electrons. The smallest absolute Gasteiger partial charge is 0.160 e. The third-order valence-electron chi connectivity index (χ3n) is 6.85. The highest BCUT2D eigenvalue weighted by atomic mass is 16.3. The summed E-state index contributed by atoms with van der Waals surface area (Å²) in [5.41, 5.74) is 9.40. The quantitative estimate of drug-likeness (QED) is 0.263. The SMILES string of the molecule is Cc1ccc2c(-c3cc(-c4ccc5cc(-c6ccccc6)ccc5c4)ccn3)cc3ccoc3c2n1. The normalized spacial score (nSPS) is 11.5. The molecule has 3 heterocycles. The first-order valence-electron chi connectivity index (χ1n) is 12.1. The van der Waals surface area contributed by atoms with Gasteiger partial charge in [0.05, 0.1) is 12.0 Å². The fraction of sp³-hybridized carbons (Fsp3) is 0.0303. The van der Waals surface area contributed by atoms with E-state index in [0.717, 1.165) is 44.4 Å². The Bertz CT molecular complexity index is 1900. The van der Waals surface area contributed by atoms with E-state index in [0.29, 0.717) is 0 Å². The molecule has 0 fully saturated rings. The summed E-state index contributed by atoms with van der Waals surface area (Å²) in [7, 11) is 0. The predicted octanol–water partition coefficient (Wildman–Crippen LogP) is 8.84. The first-order chi connectivity index (χ1) is 17.7. The summed E-state index contributed by atoms with van der Waals surface area (Å²) in [6.45, 7) is 2.00. The lowest BCUT2D eigenvalue weighted by Gasteiger charge is -2.10. The van der Waals surface area contributed by atoms with E-state index < -0.39 is 0 Å². The van der Waals surface area contributed by atoms with E-state index in [4.69, 9.17) is 14.4 Å². The van der Waals surface area contributed by atoms with Crippen LogP contribution in [0.5, 0.6) is 0 Å². The van der Waals surface area contributed by atoms with E-state index in [2.05, 4.69) is 84.9 Å². The van der Waals surface area contributed by atoms with Crippen LogP contribution in [-0.2, 0) is 0 Å². The zero-order chi connectivity index (χ0) is 24.1. The minimum atomic E-state index is 0.818. The molecule has 170 valence electrons. The average Bonchev–Trinajstić information content (AvgIpc) is 3.42. The van der Waals surface area contributed by atoms with E-state index in [-0.39, 0.29) is 0 Å². The van der Waals surface area contributed by atoms with Gasteiger partial charge in [-0.25, -0.2) is 4.98 Å². The van der Waals surface area contributed by atoms with Gasteiger partial charge in [-0.1, -0.05) is 60.7 Å². The van der Waals surface area contributed by atoms with Crippen molar-refractivity contribution in [2.75, 3.05) is 0 Å². The summed E-state index contributed by atoms with van der Waals surface area (Å²) in [4.78, 5) is 9.53. The van der Waals surface area contributed by atoms with Crippen molar-refractivity contribution in [2.45, 2.75) is 6.92 Å². The van der Waals surface area contributed by atoms with Gasteiger partial charge < -0.3 is 4.42 Å². The molecule has 3 aromatic heterocycles. The van der Waals surface area contributed by atoms with Gasteiger partial charge >= 0.3 is 0 Å². The van der Waals surface area contributed by atoms with Crippen molar-refractivity contribution >= 4 is 32.6 Å². The largest absolute Gasteiger partial charge is 0.462 e. The molecule has 3 heteroatoms. The number of rotatable bonds is 3. The van der Waals surface area contributed by atoms with Gasteiger partial charge in [0.25, 0.3) is 0 Å². The van der Waals surface area contributed by atoms with E-state index in [1.165, 1.54) is 27.5 Å². The first kappa shape index (κ1) is 20.6. The third-order valence-corrected chi connectivity index (χ3v) is 6.85. The van der Waals surface area contributed by atoms with Crippen LogP contribution < -0.4 is 0 Å². The van der Waals surface area contributed by atoms with Crippen molar-refractivity contribution in [2.24, 2.45) is 0 Å². The summed E-state index contributed by atoms with van der Waals surface area (Å²) in [5.74, 6) is 0. The molecule has 7 aromatic rings. The molecule has 0 N–H and O–H groups in total.